The molecular formula is C15H11N3O2. The van der Waals surface area contributed by atoms with Crippen LogP contribution in [-0.4, -0.2) is 11.2 Å². The Morgan fingerprint density at radius 2 is 2.00 bits per heavy atom. The maximum absolute atomic E-state index is 12.2. The molecule has 1 aromatic carbocycles. The van der Waals surface area contributed by atoms with Crippen LogP contribution in [-0.2, 0) is 0 Å². The van der Waals surface area contributed by atoms with Crippen LogP contribution in [0.2, 0.25) is 0 Å². The third kappa shape index (κ3) is 2.42. The number of para-hydroxylation sites is 1. The Kier molecular flexibility index (Phi) is 3.24. The summed E-state index contributed by atoms with van der Waals surface area (Å²) in [5.74, 6) is 0.605. The van der Waals surface area contributed by atoms with Crippen molar-refractivity contribution in [3.8, 4) is 0 Å². The van der Waals surface area contributed by atoms with Gasteiger partial charge in [0, 0.05) is 6.20 Å². The van der Waals surface area contributed by atoms with Gasteiger partial charge in [-0.3, -0.25) is 10.2 Å². The van der Waals surface area contributed by atoms with Crippen molar-refractivity contribution < 1.29 is 4.42 Å². The molecule has 2 heterocycles. The zero-order valence-electron chi connectivity index (χ0n) is 10.5. The van der Waals surface area contributed by atoms with Crippen LogP contribution in [0, 0.1) is 0 Å². The number of nitrogens with zero attached hydrogens (tertiary/aromatic N) is 2. The molecule has 0 radical (unpaired) electrons. The van der Waals surface area contributed by atoms with Crippen molar-refractivity contribution in [3.63, 3.8) is 0 Å². The lowest BCUT2D eigenvalue weighted by molar-refractivity contribution is 0.601. The Balaban J connectivity index is 1.88. The number of fused-ring (bicyclic) bond motifs is 1. The van der Waals surface area contributed by atoms with E-state index in [1.54, 1.807) is 30.5 Å². The van der Waals surface area contributed by atoms with Crippen LogP contribution in [0.4, 0.5) is 5.82 Å². The third-order valence-corrected chi connectivity index (χ3v) is 2.75. The molecule has 2 aromatic heterocycles. The first kappa shape index (κ1) is 12.1. The van der Waals surface area contributed by atoms with E-state index in [0.29, 0.717) is 22.4 Å². The summed E-state index contributed by atoms with van der Waals surface area (Å²) < 4.78 is 5.39. The normalized spacial score (nSPS) is 11.0. The highest BCUT2D eigenvalue weighted by Gasteiger charge is 2.03. The highest BCUT2D eigenvalue weighted by molar-refractivity contribution is 5.86. The summed E-state index contributed by atoms with van der Waals surface area (Å²) in [4.78, 5) is 16.2. The molecule has 5 nitrogen and oxygen atoms in total. The molecule has 0 spiro atoms. The van der Waals surface area contributed by atoms with Crippen molar-refractivity contribution in [2.75, 3.05) is 5.43 Å². The van der Waals surface area contributed by atoms with Gasteiger partial charge in [0.2, 0.25) is 5.43 Å². The van der Waals surface area contributed by atoms with Crippen molar-refractivity contribution in [2.24, 2.45) is 5.10 Å². The molecule has 0 aliphatic heterocycles. The number of benzene rings is 1. The van der Waals surface area contributed by atoms with Gasteiger partial charge in [-0.25, -0.2) is 4.98 Å². The van der Waals surface area contributed by atoms with Gasteiger partial charge >= 0.3 is 0 Å². The molecule has 98 valence electrons. The Bertz CT molecular complexity index is 810. The minimum Gasteiger partial charge on any atom is -0.463 e. The van der Waals surface area contributed by atoms with E-state index in [1.807, 2.05) is 18.2 Å². The minimum absolute atomic E-state index is 0.113. The predicted molar refractivity (Wildman–Crippen MR) is 77.9 cm³/mol. The fourth-order valence-electron chi connectivity index (χ4n) is 1.78. The number of nitrogens with one attached hydrogen (secondary N) is 1. The van der Waals surface area contributed by atoms with E-state index in [-0.39, 0.29) is 5.43 Å². The Labute approximate surface area is 114 Å². The summed E-state index contributed by atoms with van der Waals surface area (Å²) >= 11 is 0. The van der Waals surface area contributed by atoms with Crippen molar-refractivity contribution in [2.45, 2.75) is 0 Å². The molecule has 1 N–H and O–H groups in total. The van der Waals surface area contributed by atoms with Crippen LogP contribution in [0.3, 0.4) is 0 Å². The van der Waals surface area contributed by atoms with Crippen LogP contribution in [0.5, 0.6) is 0 Å². The highest BCUT2D eigenvalue weighted by atomic mass is 16.3. The third-order valence-electron chi connectivity index (χ3n) is 2.75. The summed E-state index contributed by atoms with van der Waals surface area (Å²) in [6.45, 7) is 0. The van der Waals surface area contributed by atoms with E-state index >= 15 is 0 Å². The lowest BCUT2D eigenvalue weighted by Gasteiger charge is -1.98. The van der Waals surface area contributed by atoms with Crippen molar-refractivity contribution >= 4 is 23.0 Å². The smallest absolute Gasteiger partial charge is 0.201 e. The van der Waals surface area contributed by atoms with Gasteiger partial charge in [0.1, 0.15) is 17.7 Å². The molecule has 3 rings (SSSR count). The maximum Gasteiger partial charge on any atom is 0.201 e. The number of anilines is 1. The van der Waals surface area contributed by atoms with Gasteiger partial charge in [-0.1, -0.05) is 18.2 Å². The molecule has 0 saturated carbocycles. The number of hydrazone groups is 1. The van der Waals surface area contributed by atoms with Crippen LogP contribution >= 0.6 is 0 Å². The molecule has 0 unspecified atom stereocenters. The number of aromatic nitrogens is 1. The maximum atomic E-state index is 12.2. The largest absolute Gasteiger partial charge is 0.463 e. The number of rotatable bonds is 3. The number of hydrogen-bond acceptors (Lipinski definition) is 5. The topological polar surface area (TPSA) is 67.5 Å². The van der Waals surface area contributed by atoms with Crippen molar-refractivity contribution in [1.29, 1.82) is 0 Å². The lowest BCUT2D eigenvalue weighted by atomic mass is 10.2. The summed E-state index contributed by atoms with van der Waals surface area (Å²) in [5, 5.41) is 4.52. The second kappa shape index (κ2) is 5.36. The molecule has 0 bridgehead atoms. The number of hydrogen-bond donors (Lipinski definition) is 1. The first-order valence-corrected chi connectivity index (χ1v) is 6.05. The molecule has 3 aromatic rings. The standard InChI is InChI=1S/C15H11N3O2/c19-15-11(9-17-18-14-7-3-4-8-16-14)10-20-13-6-2-1-5-12(13)15/h1-10H,(H,16,18)/b17-9+. The van der Waals surface area contributed by atoms with E-state index < -0.39 is 0 Å². The van der Waals surface area contributed by atoms with E-state index in [2.05, 4.69) is 15.5 Å². The van der Waals surface area contributed by atoms with Crippen LogP contribution in [0.1, 0.15) is 5.56 Å². The summed E-state index contributed by atoms with van der Waals surface area (Å²) in [5.41, 5.74) is 3.58. The Hall–Kier alpha value is -2.95. The SMILES string of the molecule is O=c1c(/C=N/Nc2ccccn2)coc2ccccc12. The molecule has 0 aliphatic rings. The fourth-order valence-corrected chi connectivity index (χ4v) is 1.78. The van der Waals surface area contributed by atoms with E-state index in [9.17, 15) is 4.79 Å². The average Bonchev–Trinajstić information content (AvgIpc) is 2.51. The van der Waals surface area contributed by atoms with Gasteiger partial charge in [0.15, 0.2) is 0 Å². The molecule has 5 heteroatoms. The van der Waals surface area contributed by atoms with Gasteiger partial charge in [-0.2, -0.15) is 5.10 Å². The zero-order valence-corrected chi connectivity index (χ0v) is 10.5. The van der Waals surface area contributed by atoms with Crippen LogP contribution in [0.15, 0.2) is 69.2 Å². The Morgan fingerprint density at radius 3 is 2.85 bits per heavy atom. The highest BCUT2D eigenvalue weighted by Crippen LogP contribution is 2.09. The predicted octanol–water partition coefficient (Wildman–Crippen LogP) is 2.63. The summed E-state index contributed by atoms with van der Waals surface area (Å²) in [6.07, 6.45) is 4.48. The van der Waals surface area contributed by atoms with E-state index in [0.717, 1.165) is 0 Å². The first-order valence-electron chi connectivity index (χ1n) is 6.05. The monoisotopic (exact) mass is 265 g/mol. The summed E-state index contributed by atoms with van der Waals surface area (Å²) in [7, 11) is 0. The van der Waals surface area contributed by atoms with Crippen molar-refractivity contribution in [3.05, 3.63) is 70.7 Å². The second-order valence-electron chi connectivity index (χ2n) is 4.10. The second-order valence-corrected chi connectivity index (χ2v) is 4.10. The number of pyridine rings is 1. The van der Waals surface area contributed by atoms with E-state index in [1.165, 1.54) is 12.5 Å². The average molecular weight is 265 g/mol. The minimum atomic E-state index is -0.113. The molecule has 20 heavy (non-hydrogen) atoms. The van der Waals surface area contributed by atoms with Gasteiger partial charge in [-0.05, 0) is 24.3 Å². The zero-order chi connectivity index (χ0) is 13.8. The van der Waals surface area contributed by atoms with Crippen LogP contribution in [0.25, 0.3) is 11.0 Å². The van der Waals surface area contributed by atoms with Gasteiger partial charge < -0.3 is 4.42 Å². The quantitative estimate of drug-likeness (QED) is 0.584. The molecular weight excluding hydrogens is 254 g/mol. The van der Waals surface area contributed by atoms with Gasteiger partial charge in [0.05, 0.1) is 17.2 Å². The molecule has 0 fully saturated rings. The lowest BCUT2D eigenvalue weighted by Crippen LogP contribution is -2.08. The van der Waals surface area contributed by atoms with Gasteiger partial charge in [0.25, 0.3) is 0 Å². The molecule has 0 atom stereocenters. The molecule has 0 aliphatic carbocycles. The summed E-state index contributed by atoms with van der Waals surface area (Å²) in [6, 6.07) is 12.5. The van der Waals surface area contributed by atoms with Crippen LogP contribution < -0.4 is 10.9 Å². The Morgan fingerprint density at radius 1 is 1.15 bits per heavy atom. The fraction of sp³-hybridized carbons (Fsp3) is 0. The van der Waals surface area contributed by atoms with Gasteiger partial charge in [-0.15, -0.1) is 0 Å². The first-order chi connectivity index (χ1) is 9.84. The van der Waals surface area contributed by atoms with E-state index in [4.69, 9.17) is 4.42 Å². The molecule has 0 saturated heterocycles. The van der Waals surface area contributed by atoms with Crippen molar-refractivity contribution in [1.82, 2.24) is 4.98 Å². The molecule has 0 amide bonds.